The molecule has 0 saturated carbocycles. The Morgan fingerprint density at radius 3 is 2.88 bits per heavy atom. The van der Waals surface area contributed by atoms with E-state index in [1.54, 1.807) is 18.2 Å². The van der Waals surface area contributed by atoms with Crippen molar-refractivity contribution in [3.05, 3.63) is 41.5 Å². The van der Waals surface area contributed by atoms with E-state index in [4.69, 9.17) is 4.52 Å². The molecule has 0 fully saturated rings. The zero-order valence-electron chi connectivity index (χ0n) is 9.38. The first-order valence-corrected chi connectivity index (χ1v) is 5.23. The molecule has 0 saturated heterocycles. The van der Waals surface area contributed by atoms with Crippen LogP contribution in [0.3, 0.4) is 0 Å². The summed E-state index contributed by atoms with van der Waals surface area (Å²) in [5.74, 6) is 0.943. The van der Waals surface area contributed by atoms with Crippen LogP contribution >= 0.6 is 0 Å². The monoisotopic (exact) mass is 232 g/mol. The number of hydrogen-bond acceptors (Lipinski definition) is 5. The van der Waals surface area contributed by atoms with Crippen molar-refractivity contribution in [3.8, 4) is 5.75 Å². The van der Waals surface area contributed by atoms with Crippen molar-refractivity contribution in [2.45, 2.75) is 19.8 Å². The second-order valence-electron chi connectivity index (χ2n) is 3.79. The Morgan fingerprint density at radius 1 is 1.41 bits per heavy atom. The van der Waals surface area contributed by atoms with Gasteiger partial charge in [0.2, 0.25) is 5.89 Å². The van der Waals surface area contributed by atoms with Crippen molar-refractivity contribution in [2.24, 2.45) is 0 Å². The van der Waals surface area contributed by atoms with Crippen molar-refractivity contribution in [1.29, 1.82) is 0 Å². The van der Waals surface area contributed by atoms with Crippen LogP contribution in [-0.4, -0.2) is 21.0 Å². The van der Waals surface area contributed by atoms with Gasteiger partial charge in [0.1, 0.15) is 11.5 Å². The summed E-state index contributed by atoms with van der Waals surface area (Å²) in [5.41, 5.74) is 0.725. The molecule has 2 aromatic rings. The van der Waals surface area contributed by atoms with Crippen LogP contribution in [0.25, 0.3) is 0 Å². The van der Waals surface area contributed by atoms with Crippen LogP contribution in [0.15, 0.2) is 28.8 Å². The average molecular weight is 232 g/mol. The second kappa shape index (κ2) is 4.78. The van der Waals surface area contributed by atoms with Crippen LogP contribution in [0, 0.1) is 0 Å². The number of aromatic nitrogens is 2. The summed E-state index contributed by atoms with van der Waals surface area (Å²) in [7, 11) is 0. The van der Waals surface area contributed by atoms with E-state index in [0.717, 1.165) is 5.56 Å². The van der Waals surface area contributed by atoms with E-state index >= 15 is 0 Å². The minimum atomic E-state index is -0.0252. The van der Waals surface area contributed by atoms with E-state index in [0.29, 0.717) is 18.1 Å². The predicted molar refractivity (Wildman–Crippen MR) is 59.6 cm³/mol. The Labute approximate surface area is 98.1 Å². The smallest absolute Gasteiger partial charge is 0.234 e. The van der Waals surface area contributed by atoms with Gasteiger partial charge in [-0.05, 0) is 13.0 Å². The van der Waals surface area contributed by atoms with E-state index in [2.05, 4.69) is 10.1 Å². The van der Waals surface area contributed by atoms with Gasteiger partial charge >= 0.3 is 0 Å². The molecule has 0 radical (unpaired) electrons. The highest BCUT2D eigenvalue weighted by Crippen LogP contribution is 2.18. The zero-order chi connectivity index (χ0) is 12.3. The quantitative estimate of drug-likeness (QED) is 0.864. The van der Waals surface area contributed by atoms with E-state index < -0.39 is 0 Å². The largest absolute Gasteiger partial charge is 0.508 e. The van der Waals surface area contributed by atoms with Crippen LogP contribution in [0.4, 0.5) is 0 Å². The van der Waals surface area contributed by atoms with E-state index in [-0.39, 0.29) is 18.0 Å². The number of rotatable bonds is 4. The summed E-state index contributed by atoms with van der Waals surface area (Å²) >= 11 is 0. The maximum atomic E-state index is 10.9. The van der Waals surface area contributed by atoms with Crippen LogP contribution in [0.5, 0.6) is 5.75 Å². The van der Waals surface area contributed by atoms with E-state index in [9.17, 15) is 9.90 Å². The van der Waals surface area contributed by atoms with Gasteiger partial charge in [0.05, 0.1) is 6.42 Å². The number of para-hydroxylation sites is 1. The van der Waals surface area contributed by atoms with Crippen molar-refractivity contribution >= 4 is 5.78 Å². The Kier molecular flexibility index (Phi) is 3.18. The summed E-state index contributed by atoms with van der Waals surface area (Å²) in [4.78, 5) is 14.9. The molecule has 0 unspecified atom stereocenters. The number of Topliss-reactive ketones (excluding diaryl/α,β-unsaturated/α-hetero) is 1. The first-order valence-electron chi connectivity index (χ1n) is 5.23. The number of nitrogens with zero attached hydrogens (tertiary/aromatic N) is 2. The summed E-state index contributed by atoms with van der Waals surface area (Å²) in [5, 5.41) is 13.3. The third-order valence-electron chi connectivity index (χ3n) is 2.25. The molecule has 0 bridgehead atoms. The normalized spacial score (nSPS) is 10.4. The minimum absolute atomic E-state index is 0.0252. The first kappa shape index (κ1) is 11.3. The molecule has 1 aromatic heterocycles. The molecular weight excluding hydrogens is 220 g/mol. The fourth-order valence-corrected chi connectivity index (χ4v) is 1.48. The molecule has 0 atom stereocenters. The molecule has 0 spiro atoms. The van der Waals surface area contributed by atoms with Gasteiger partial charge in [-0.25, -0.2) is 0 Å². The lowest BCUT2D eigenvalue weighted by Gasteiger charge is -1.99. The van der Waals surface area contributed by atoms with Gasteiger partial charge in [0.25, 0.3) is 0 Å². The summed E-state index contributed by atoms with van der Waals surface area (Å²) in [6.45, 7) is 1.47. The third kappa shape index (κ3) is 2.90. The van der Waals surface area contributed by atoms with Crippen molar-refractivity contribution < 1.29 is 14.4 Å². The molecule has 88 valence electrons. The Morgan fingerprint density at radius 2 is 2.18 bits per heavy atom. The Hall–Kier alpha value is -2.17. The fraction of sp³-hybridized carbons (Fsp3) is 0.250. The number of phenolic OH excluding ortho intramolecular Hbond substituents is 1. The number of hydrogen-bond donors (Lipinski definition) is 1. The van der Waals surface area contributed by atoms with Gasteiger partial charge in [-0.3, -0.25) is 4.79 Å². The molecule has 0 aliphatic carbocycles. The van der Waals surface area contributed by atoms with Gasteiger partial charge in [-0.15, -0.1) is 0 Å². The highest BCUT2D eigenvalue weighted by molar-refractivity contribution is 5.77. The minimum Gasteiger partial charge on any atom is -0.508 e. The lowest BCUT2D eigenvalue weighted by atomic mass is 10.1. The highest BCUT2D eigenvalue weighted by Gasteiger charge is 2.10. The number of carbonyl (C=O) groups is 1. The second-order valence-corrected chi connectivity index (χ2v) is 3.79. The van der Waals surface area contributed by atoms with Crippen LogP contribution in [-0.2, 0) is 17.6 Å². The topological polar surface area (TPSA) is 76.2 Å². The predicted octanol–water partition coefficient (Wildman–Crippen LogP) is 1.50. The molecule has 1 heterocycles. The summed E-state index contributed by atoms with van der Waals surface area (Å²) in [6.07, 6.45) is 0.530. The number of phenols is 1. The van der Waals surface area contributed by atoms with Gasteiger partial charge in [-0.2, -0.15) is 4.98 Å². The molecule has 0 aliphatic heterocycles. The molecule has 2 rings (SSSR count). The van der Waals surface area contributed by atoms with Crippen LogP contribution in [0.2, 0.25) is 0 Å². The van der Waals surface area contributed by atoms with Gasteiger partial charge in [-0.1, -0.05) is 23.4 Å². The van der Waals surface area contributed by atoms with E-state index in [1.165, 1.54) is 6.92 Å². The zero-order valence-corrected chi connectivity index (χ0v) is 9.38. The van der Waals surface area contributed by atoms with Crippen LogP contribution < -0.4 is 0 Å². The molecule has 1 N–H and O–H groups in total. The molecule has 0 amide bonds. The maximum Gasteiger partial charge on any atom is 0.234 e. The lowest BCUT2D eigenvalue weighted by Crippen LogP contribution is -1.97. The molecule has 5 nitrogen and oxygen atoms in total. The number of ketones is 1. The number of aromatic hydroxyl groups is 1. The van der Waals surface area contributed by atoms with Gasteiger partial charge in [0, 0.05) is 12.0 Å². The molecule has 17 heavy (non-hydrogen) atoms. The van der Waals surface area contributed by atoms with Crippen molar-refractivity contribution in [3.63, 3.8) is 0 Å². The van der Waals surface area contributed by atoms with Gasteiger partial charge < -0.3 is 9.63 Å². The molecular formula is C12H12N2O3. The van der Waals surface area contributed by atoms with Crippen LogP contribution in [0.1, 0.15) is 24.2 Å². The van der Waals surface area contributed by atoms with E-state index in [1.807, 2.05) is 6.07 Å². The summed E-state index contributed by atoms with van der Waals surface area (Å²) < 4.78 is 4.92. The van der Waals surface area contributed by atoms with Crippen molar-refractivity contribution in [2.75, 3.05) is 0 Å². The molecule has 5 heteroatoms. The molecule has 1 aromatic carbocycles. The molecule has 0 aliphatic rings. The number of benzene rings is 1. The standard InChI is InChI=1S/C12H12N2O3/c1-8(15)6-12-13-11(14-17-12)7-9-4-2-3-5-10(9)16/h2-5,16H,6-7H2,1H3. The highest BCUT2D eigenvalue weighted by atomic mass is 16.5. The Bertz CT molecular complexity index is 534. The number of carbonyl (C=O) groups excluding carboxylic acids is 1. The Balaban J connectivity index is 2.12. The third-order valence-corrected chi connectivity index (χ3v) is 2.25. The maximum absolute atomic E-state index is 10.9. The van der Waals surface area contributed by atoms with Crippen molar-refractivity contribution in [1.82, 2.24) is 10.1 Å². The first-order chi connectivity index (χ1) is 8.15. The summed E-state index contributed by atoms with van der Waals surface area (Å²) in [6, 6.07) is 6.96. The van der Waals surface area contributed by atoms with Gasteiger partial charge in [0.15, 0.2) is 5.82 Å². The SMILES string of the molecule is CC(=O)Cc1nc(Cc2ccccc2O)no1. The fourth-order valence-electron chi connectivity index (χ4n) is 1.48. The average Bonchev–Trinajstić information content (AvgIpc) is 2.68. The lowest BCUT2D eigenvalue weighted by molar-refractivity contribution is -0.116.